The van der Waals surface area contributed by atoms with Gasteiger partial charge >= 0.3 is 0 Å². The molecular formula is C28H41N3O3. The molecule has 2 atom stereocenters. The smallest absolute Gasteiger partial charge is 0.253 e. The van der Waals surface area contributed by atoms with Gasteiger partial charge in [-0.15, -0.1) is 0 Å². The molecule has 0 spiro atoms. The van der Waals surface area contributed by atoms with Crippen LogP contribution in [0, 0.1) is 11.8 Å². The van der Waals surface area contributed by atoms with E-state index < -0.39 is 0 Å². The van der Waals surface area contributed by atoms with E-state index in [9.17, 15) is 4.79 Å². The Kier molecular flexibility index (Phi) is 7.16. The van der Waals surface area contributed by atoms with Crippen LogP contribution in [0.25, 0.3) is 10.9 Å². The summed E-state index contributed by atoms with van der Waals surface area (Å²) in [6.07, 6.45) is 11.3. The predicted molar refractivity (Wildman–Crippen MR) is 135 cm³/mol. The van der Waals surface area contributed by atoms with Crippen molar-refractivity contribution >= 4 is 16.8 Å². The zero-order valence-corrected chi connectivity index (χ0v) is 21.1. The number of aromatic nitrogens is 1. The standard InChI is InChI=1S/C28H41N3O3/c1-19(2)16-29-28(32)25-17-30(27-24(25)6-4-7-26(27)33-3)12-5-13-31-21-10-11-22(31)15-23(14-21)34-18-20-8-9-20/h4,6-7,17,19-23H,5,8-16,18H2,1-3H3,(H,29,32). The summed E-state index contributed by atoms with van der Waals surface area (Å²) >= 11 is 0. The quantitative estimate of drug-likeness (QED) is 0.513. The predicted octanol–water partition coefficient (Wildman–Crippen LogP) is 4.85. The molecule has 6 heteroatoms. The lowest BCUT2D eigenvalue weighted by molar-refractivity contribution is -0.0241. The molecule has 1 aromatic carbocycles. The Labute approximate surface area is 204 Å². The number of nitrogens with one attached hydrogen (secondary N) is 1. The molecule has 2 saturated heterocycles. The van der Waals surface area contributed by atoms with Crippen LogP contribution in [-0.4, -0.2) is 60.4 Å². The largest absolute Gasteiger partial charge is 0.495 e. The van der Waals surface area contributed by atoms with Gasteiger partial charge in [0.15, 0.2) is 0 Å². The number of carbonyl (C=O) groups excluding carboxylic acids is 1. The van der Waals surface area contributed by atoms with Crippen LogP contribution in [0.2, 0.25) is 0 Å². The van der Waals surface area contributed by atoms with Gasteiger partial charge in [-0.25, -0.2) is 0 Å². The molecular weight excluding hydrogens is 426 g/mol. The van der Waals surface area contributed by atoms with Crippen LogP contribution in [0.5, 0.6) is 5.75 Å². The number of benzene rings is 1. The second-order valence-corrected chi connectivity index (χ2v) is 11.0. The number of para-hydroxylation sites is 1. The maximum absolute atomic E-state index is 12.9. The molecule has 2 bridgehead atoms. The summed E-state index contributed by atoms with van der Waals surface area (Å²) in [5, 5.41) is 4.05. The number of amides is 1. The highest BCUT2D eigenvalue weighted by Gasteiger charge is 2.41. The number of hydrogen-bond donors (Lipinski definition) is 1. The fraction of sp³-hybridized carbons (Fsp3) is 0.679. The third kappa shape index (κ3) is 5.13. The highest BCUT2D eigenvalue weighted by Crippen LogP contribution is 2.38. The molecule has 1 aromatic heterocycles. The van der Waals surface area contributed by atoms with E-state index in [0.717, 1.165) is 54.3 Å². The minimum atomic E-state index is -0.00276. The van der Waals surface area contributed by atoms with E-state index in [1.54, 1.807) is 7.11 Å². The summed E-state index contributed by atoms with van der Waals surface area (Å²) in [6.45, 7) is 7.88. The van der Waals surface area contributed by atoms with Gasteiger partial charge < -0.3 is 19.4 Å². The zero-order chi connectivity index (χ0) is 23.7. The number of hydrogen-bond acceptors (Lipinski definition) is 4. The van der Waals surface area contributed by atoms with E-state index in [0.29, 0.717) is 30.7 Å². The van der Waals surface area contributed by atoms with Crippen molar-refractivity contribution in [1.29, 1.82) is 0 Å². The Bertz CT molecular complexity index is 982. The van der Waals surface area contributed by atoms with Crippen LogP contribution in [0.1, 0.15) is 69.2 Å². The van der Waals surface area contributed by atoms with E-state index in [4.69, 9.17) is 9.47 Å². The molecule has 1 aliphatic carbocycles. The van der Waals surface area contributed by atoms with Crippen LogP contribution in [0.3, 0.4) is 0 Å². The highest BCUT2D eigenvalue weighted by molar-refractivity contribution is 6.08. The molecule has 3 fully saturated rings. The maximum Gasteiger partial charge on any atom is 0.253 e. The van der Waals surface area contributed by atoms with Gasteiger partial charge in [0.25, 0.3) is 5.91 Å². The van der Waals surface area contributed by atoms with Crippen molar-refractivity contribution in [1.82, 2.24) is 14.8 Å². The zero-order valence-electron chi connectivity index (χ0n) is 21.1. The average molecular weight is 468 g/mol. The molecule has 3 heterocycles. The van der Waals surface area contributed by atoms with Gasteiger partial charge in [0.2, 0.25) is 0 Å². The number of piperidine rings is 1. The van der Waals surface area contributed by atoms with Gasteiger partial charge in [-0.3, -0.25) is 9.69 Å². The van der Waals surface area contributed by atoms with Crippen molar-refractivity contribution in [3.8, 4) is 5.75 Å². The molecule has 34 heavy (non-hydrogen) atoms. The third-order valence-electron chi connectivity index (χ3n) is 7.92. The van der Waals surface area contributed by atoms with Crippen molar-refractivity contribution in [2.75, 3.05) is 26.8 Å². The third-order valence-corrected chi connectivity index (χ3v) is 7.92. The maximum atomic E-state index is 12.9. The van der Waals surface area contributed by atoms with Crippen LogP contribution in [0.15, 0.2) is 24.4 Å². The lowest BCUT2D eigenvalue weighted by Crippen LogP contribution is -2.46. The molecule has 1 saturated carbocycles. The second kappa shape index (κ2) is 10.3. The Balaban J connectivity index is 1.24. The first-order chi connectivity index (χ1) is 16.5. The van der Waals surface area contributed by atoms with Crippen molar-refractivity contribution in [2.24, 2.45) is 11.8 Å². The number of methoxy groups -OCH3 is 1. The minimum Gasteiger partial charge on any atom is -0.495 e. The van der Waals surface area contributed by atoms with Crippen LogP contribution in [0.4, 0.5) is 0 Å². The summed E-state index contributed by atoms with van der Waals surface area (Å²) in [5.74, 6) is 2.10. The number of carbonyl (C=O) groups is 1. The molecule has 2 aromatic rings. The number of fused-ring (bicyclic) bond motifs is 3. The number of rotatable bonds is 11. The summed E-state index contributed by atoms with van der Waals surface area (Å²) in [4.78, 5) is 15.7. The summed E-state index contributed by atoms with van der Waals surface area (Å²) in [7, 11) is 1.71. The first-order valence-corrected chi connectivity index (χ1v) is 13.3. The van der Waals surface area contributed by atoms with Crippen molar-refractivity contribution in [3.63, 3.8) is 0 Å². The number of aryl methyl sites for hydroxylation is 1. The van der Waals surface area contributed by atoms with Crippen LogP contribution in [-0.2, 0) is 11.3 Å². The second-order valence-electron chi connectivity index (χ2n) is 11.0. The first kappa shape index (κ1) is 23.7. The van der Waals surface area contributed by atoms with E-state index in [1.165, 1.54) is 38.5 Å². The molecule has 1 amide bonds. The molecule has 3 aliphatic rings. The van der Waals surface area contributed by atoms with Crippen LogP contribution < -0.4 is 10.1 Å². The normalized spacial score (nSPS) is 24.8. The topological polar surface area (TPSA) is 55.7 Å². The average Bonchev–Trinajstić information content (AvgIpc) is 3.55. The molecule has 2 aliphatic heterocycles. The molecule has 0 radical (unpaired) electrons. The SMILES string of the molecule is COc1cccc2c(C(=O)NCC(C)C)cn(CCCN3C4CCC3CC(OCC3CC3)C4)c12. The lowest BCUT2D eigenvalue weighted by atomic mass is 9.99. The Hall–Kier alpha value is -2.05. The van der Waals surface area contributed by atoms with Gasteiger partial charge in [0.05, 0.1) is 24.3 Å². The van der Waals surface area contributed by atoms with Gasteiger partial charge in [0.1, 0.15) is 5.75 Å². The molecule has 5 rings (SSSR count). The lowest BCUT2D eigenvalue weighted by Gasteiger charge is -2.39. The Morgan fingerprint density at radius 3 is 2.56 bits per heavy atom. The van der Waals surface area contributed by atoms with Gasteiger partial charge in [0, 0.05) is 49.9 Å². The van der Waals surface area contributed by atoms with Gasteiger partial charge in [-0.05, 0) is 62.8 Å². The van der Waals surface area contributed by atoms with E-state index >= 15 is 0 Å². The Morgan fingerprint density at radius 1 is 1.12 bits per heavy atom. The molecule has 6 nitrogen and oxygen atoms in total. The fourth-order valence-electron chi connectivity index (χ4n) is 5.95. The fourth-order valence-corrected chi connectivity index (χ4v) is 5.95. The summed E-state index contributed by atoms with van der Waals surface area (Å²) in [5.41, 5.74) is 1.76. The van der Waals surface area contributed by atoms with Crippen molar-refractivity contribution < 1.29 is 14.3 Å². The molecule has 1 N–H and O–H groups in total. The van der Waals surface area contributed by atoms with E-state index in [2.05, 4.69) is 28.6 Å². The van der Waals surface area contributed by atoms with Gasteiger partial charge in [-0.2, -0.15) is 0 Å². The van der Waals surface area contributed by atoms with Crippen molar-refractivity contribution in [3.05, 3.63) is 30.0 Å². The molecule has 2 unspecified atom stereocenters. The van der Waals surface area contributed by atoms with Gasteiger partial charge in [-0.1, -0.05) is 26.0 Å². The van der Waals surface area contributed by atoms with E-state index in [-0.39, 0.29) is 5.91 Å². The minimum absolute atomic E-state index is 0.00276. The highest BCUT2D eigenvalue weighted by atomic mass is 16.5. The van der Waals surface area contributed by atoms with E-state index in [1.807, 2.05) is 24.4 Å². The Morgan fingerprint density at radius 2 is 1.88 bits per heavy atom. The first-order valence-electron chi connectivity index (χ1n) is 13.3. The summed E-state index contributed by atoms with van der Waals surface area (Å²) in [6, 6.07) is 7.34. The van der Waals surface area contributed by atoms with Crippen LogP contribution >= 0.6 is 0 Å². The van der Waals surface area contributed by atoms with Crippen molar-refractivity contribution in [2.45, 2.75) is 83.5 Å². The number of nitrogens with zero attached hydrogens (tertiary/aromatic N) is 2. The molecule has 186 valence electrons. The number of ether oxygens (including phenoxy) is 2. The monoisotopic (exact) mass is 467 g/mol. The summed E-state index contributed by atoms with van der Waals surface area (Å²) < 4.78 is 14.2.